The van der Waals surface area contributed by atoms with Crippen LogP contribution in [0.2, 0.25) is 0 Å². The third-order valence-electron chi connectivity index (χ3n) is 7.97. The second kappa shape index (κ2) is 7.41. The molecule has 0 spiro atoms. The number of hydrogen-bond acceptors (Lipinski definition) is 4. The molecule has 4 nitrogen and oxygen atoms in total. The molecule has 7 rings (SSSR count). The molecule has 1 fully saturated rings. The number of para-hydroxylation sites is 2. The monoisotopic (exact) mass is 471 g/mol. The molecule has 1 aliphatic heterocycles. The Hall–Kier alpha value is -4.18. The van der Waals surface area contributed by atoms with Crippen LogP contribution in [0, 0.1) is 0 Å². The predicted octanol–water partition coefficient (Wildman–Crippen LogP) is 7.71. The third-order valence-corrected chi connectivity index (χ3v) is 7.97. The van der Waals surface area contributed by atoms with Crippen molar-refractivity contribution < 1.29 is 14.0 Å². The van der Waals surface area contributed by atoms with Crippen LogP contribution < -0.4 is 4.90 Å². The number of ketones is 2. The molecule has 0 saturated heterocycles. The first-order valence-electron chi connectivity index (χ1n) is 12.4. The molecule has 0 amide bonds. The summed E-state index contributed by atoms with van der Waals surface area (Å²) in [6.45, 7) is 4.55. The summed E-state index contributed by atoms with van der Waals surface area (Å²) >= 11 is 0. The topological polar surface area (TPSA) is 50.5 Å². The van der Waals surface area contributed by atoms with E-state index in [1.807, 2.05) is 42.5 Å². The van der Waals surface area contributed by atoms with Crippen molar-refractivity contribution in [2.24, 2.45) is 0 Å². The van der Waals surface area contributed by atoms with Gasteiger partial charge in [0, 0.05) is 40.8 Å². The largest absolute Gasteiger partial charge is 0.456 e. The third kappa shape index (κ3) is 2.87. The maximum Gasteiger partial charge on any atom is 0.148 e. The van der Waals surface area contributed by atoms with Crippen LogP contribution in [0.25, 0.3) is 21.9 Å². The summed E-state index contributed by atoms with van der Waals surface area (Å²) < 4.78 is 6.27. The average molecular weight is 472 g/mol. The number of Topliss-reactive ketones (excluding diaryl/α,β-unsaturated/α-hetero) is 2. The van der Waals surface area contributed by atoms with Crippen molar-refractivity contribution in [3.63, 3.8) is 0 Å². The fourth-order valence-corrected chi connectivity index (χ4v) is 6.10. The Morgan fingerprint density at radius 3 is 2.19 bits per heavy atom. The molecule has 2 heterocycles. The van der Waals surface area contributed by atoms with Crippen molar-refractivity contribution in [1.82, 2.24) is 0 Å². The van der Waals surface area contributed by atoms with Gasteiger partial charge in [0.15, 0.2) is 0 Å². The summed E-state index contributed by atoms with van der Waals surface area (Å²) in [4.78, 5) is 26.9. The van der Waals surface area contributed by atoms with Gasteiger partial charge in [0.25, 0.3) is 0 Å². The molecule has 0 bridgehead atoms. The molecule has 4 aromatic carbocycles. The van der Waals surface area contributed by atoms with Gasteiger partial charge in [-0.2, -0.15) is 0 Å². The van der Waals surface area contributed by atoms with E-state index >= 15 is 0 Å². The number of carbonyl (C=O) groups is 2. The van der Waals surface area contributed by atoms with E-state index < -0.39 is 5.92 Å². The SMILES string of the molecule is CC1(C)c2ccccc2N(c2ccc(C3C(=O)CCC3=O)cc2)c2cc3oc4ccccc4c3cc21. The molecule has 5 aromatic rings. The number of furan rings is 1. The maximum absolute atomic E-state index is 12.3. The number of nitrogens with zero attached hydrogens (tertiary/aromatic N) is 1. The quantitative estimate of drug-likeness (QED) is 0.247. The molecule has 0 radical (unpaired) electrons. The highest BCUT2D eigenvalue weighted by atomic mass is 16.3. The molecular weight excluding hydrogens is 446 g/mol. The molecule has 0 N–H and O–H groups in total. The van der Waals surface area contributed by atoms with Gasteiger partial charge in [0.1, 0.15) is 28.7 Å². The Labute approximate surface area is 209 Å². The van der Waals surface area contributed by atoms with Gasteiger partial charge in [-0.25, -0.2) is 0 Å². The van der Waals surface area contributed by atoms with E-state index in [4.69, 9.17) is 4.42 Å². The Bertz CT molecular complexity index is 1690. The van der Waals surface area contributed by atoms with Crippen LogP contribution in [0.1, 0.15) is 49.3 Å². The summed E-state index contributed by atoms with van der Waals surface area (Å²) in [7, 11) is 0. The number of hydrogen-bond donors (Lipinski definition) is 0. The smallest absolute Gasteiger partial charge is 0.148 e. The second-order valence-corrected chi connectivity index (χ2v) is 10.4. The minimum Gasteiger partial charge on any atom is -0.456 e. The van der Waals surface area contributed by atoms with E-state index in [0.29, 0.717) is 12.8 Å². The zero-order chi connectivity index (χ0) is 24.6. The van der Waals surface area contributed by atoms with Crippen molar-refractivity contribution in [3.05, 3.63) is 102 Å². The van der Waals surface area contributed by atoms with Crippen LogP contribution in [-0.4, -0.2) is 11.6 Å². The van der Waals surface area contributed by atoms with Crippen molar-refractivity contribution in [3.8, 4) is 0 Å². The molecule has 1 aliphatic carbocycles. The maximum atomic E-state index is 12.3. The van der Waals surface area contributed by atoms with Gasteiger partial charge in [-0.1, -0.05) is 62.4 Å². The summed E-state index contributed by atoms with van der Waals surface area (Å²) in [5, 5.41) is 2.23. The fraction of sp³-hybridized carbons (Fsp3) is 0.188. The van der Waals surface area contributed by atoms with Crippen LogP contribution in [-0.2, 0) is 15.0 Å². The standard InChI is InChI=1S/C32H25NO3/c1-32(2)23-8-4-5-9-25(23)33(20-13-11-19(12-14-20)31-27(34)15-16-28(31)35)26-18-30-22(17-24(26)32)21-7-3-6-10-29(21)36-30/h3-14,17-18,31H,15-16H2,1-2H3. The summed E-state index contributed by atoms with van der Waals surface area (Å²) in [5.41, 5.74) is 7.96. The molecule has 0 unspecified atom stereocenters. The Kier molecular flexibility index (Phi) is 4.35. The highest BCUT2D eigenvalue weighted by molar-refractivity contribution is 6.13. The van der Waals surface area contributed by atoms with Crippen LogP contribution >= 0.6 is 0 Å². The lowest BCUT2D eigenvalue weighted by molar-refractivity contribution is -0.123. The van der Waals surface area contributed by atoms with E-state index in [0.717, 1.165) is 44.6 Å². The normalized spacial score (nSPS) is 17.1. The molecule has 2 aliphatic rings. The fourth-order valence-electron chi connectivity index (χ4n) is 6.10. The first-order valence-corrected chi connectivity index (χ1v) is 12.4. The highest BCUT2D eigenvalue weighted by Gasteiger charge is 2.38. The van der Waals surface area contributed by atoms with Gasteiger partial charge >= 0.3 is 0 Å². The van der Waals surface area contributed by atoms with Gasteiger partial charge in [0.05, 0.1) is 11.4 Å². The number of anilines is 3. The number of benzene rings is 4. The zero-order valence-electron chi connectivity index (χ0n) is 20.2. The lowest BCUT2D eigenvalue weighted by Crippen LogP contribution is -2.30. The zero-order valence-corrected chi connectivity index (χ0v) is 20.2. The Morgan fingerprint density at radius 1 is 0.722 bits per heavy atom. The van der Waals surface area contributed by atoms with E-state index in [9.17, 15) is 9.59 Å². The summed E-state index contributed by atoms with van der Waals surface area (Å²) in [5.74, 6) is -0.569. The van der Waals surface area contributed by atoms with Crippen LogP contribution in [0.15, 0.2) is 89.3 Å². The number of fused-ring (bicyclic) bond motifs is 5. The van der Waals surface area contributed by atoms with E-state index in [2.05, 4.69) is 61.2 Å². The van der Waals surface area contributed by atoms with E-state index in [-0.39, 0.29) is 17.0 Å². The van der Waals surface area contributed by atoms with Gasteiger partial charge < -0.3 is 9.32 Å². The van der Waals surface area contributed by atoms with Gasteiger partial charge in [0.2, 0.25) is 0 Å². The van der Waals surface area contributed by atoms with Crippen molar-refractivity contribution in [2.45, 2.75) is 38.0 Å². The Balaban J connectivity index is 1.45. The van der Waals surface area contributed by atoms with Gasteiger partial charge in [-0.15, -0.1) is 0 Å². The lowest BCUT2D eigenvalue weighted by Gasteiger charge is -2.42. The molecule has 0 atom stereocenters. The van der Waals surface area contributed by atoms with E-state index in [1.165, 1.54) is 11.1 Å². The van der Waals surface area contributed by atoms with Crippen molar-refractivity contribution >= 4 is 50.6 Å². The molecule has 36 heavy (non-hydrogen) atoms. The van der Waals surface area contributed by atoms with Gasteiger partial charge in [-0.05, 0) is 47.0 Å². The molecule has 1 saturated carbocycles. The highest BCUT2D eigenvalue weighted by Crippen LogP contribution is 2.53. The van der Waals surface area contributed by atoms with E-state index in [1.54, 1.807) is 0 Å². The first kappa shape index (κ1) is 21.1. The average Bonchev–Trinajstić information content (AvgIpc) is 3.42. The predicted molar refractivity (Wildman–Crippen MR) is 143 cm³/mol. The van der Waals surface area contributed by atoms with Gasteiger partial charge in [-0.3, -0.25) is 9.59 Å². The molecular formula is C32H25NO3. The lowest BCUT2D eigenvalue weighted by atomic mass is 9.73. The molecule has 1 aromatic heterocycles. The first-order chi connectivity index (χ1) is 17.4. The molecule has 4 heteroatoms. The Morgan fingerprint density at radius 2 is 1.42 bits per heavy atom. The van der Waals surface area contributed by atoms with Crippen molar-refractivity contribution in [2.75, 3.05) is 4.90 Å². The molecule has 176 valence electrons. The van der Waals surface area contributed by atoms with Crippen molar-refractivity contribution in [1.29, 1.82) is 0 Å². The summed E-state index contributed by atoms with van der Waals surface area (Å²) in [6.07, 6.45) is 0.696. The van der Waals surface area contributed by atoms with Crippen LogP contribution in [0.5, 0.6) is 0 Å². The summed E-state index contributed by atoms with van der Waals surface area (Å²) in [6, 6.07) is 29.0. The van der Waals surface area contributed by atoms with Crippen LogP contribution in [0.3, 0.4) is 0 Å². The number of carbonyl (C=O) groups excluding carboxylic acids is 2. The minimum absolute atomic E-state index is 0.0236. The minimum atomic E-state index is -0.617. The second-order valence-electron chi connectivity index (χ2n) is 10.4. The van der Waals surface area contributed by atoms with Crippen LogP contribution in [0.4, 0.5) is 17.1 Å². The number of rotatable bonds is 2.